The quantitative estimate of drug-likeness (QED) is 0.611. The van der Waals surface area contributed by atoms with Crippen molar-refractivity contribution in [3.05, 3.63) is 40.4 Å². The van der Waals surface area contributed by atoms with Gasteiger partial charge in [0.2, 0.25) is 0 Å². The number of rotatable bonds is 6. The van der Waals surface area contributed by atoms with Crippen molar-refractivity contribution in [2.75, 3.05) is 6.61 Å². The molecule has 0 unspecified atom stereocenters. The summed E-state index contributed by atoms with van der Waals surface area (Å²) in [4.78, 5) is 23.5. The van der Waals surface area contributed by atoms with Crippen LogP contribution in [-0.4, -0.2) is 24.0 Å². The van der Waals surface area contributed by atoms with E-state index >= 15 is 0 Å². The van der Waals surface area contributed by atoms with Crippen molar-refractivity contribution in [2.24, 2.45) is 5.92 Å². The van der Waals surface area contributed by atoms with E-state index in [-0.39, 0.29) is 5.92 Å². The average Bonchev–Trinajstić information content (AvgIpc) is 3.37. The van der Waals surface area contributed by atoms with Crippen LogP contribution < -0.4 is 5.32 Å². The molecule has 0 saturated heterocycles. The second kappa shape index (κ2) is 7.42. The first-order valence-corrected chi connectivity index (χ1v) is 8.05. The molecule has 0 aromatic heterocycles. The van der Waals surface area contributed by atoms with Gasteiger partial charge in [0, 0.05) is 10.5 Å². The number of nitrogens with zero attached hydrogens (tertiary/aromatic N) is 1. The summed E-state index contributed by atoms with van der Waals surface area (Å²) in [5.41, 5.74) is -0.0477. The Hall–Kier alpha value is -2.13. The van der Waals surface area contributed by atoms with E-state index < -0.39 is 24.0 Å². The van der Waals surface area contributed by atoms with Gasteiger partial charge in [0.25, 0.3) is 5.91 Å². The highest BCUT2D eigenvalue weighted by Crippen LogP contribution is 2.39. The van der Waals surface area contributed by atoms with Gasteiger partial charge in [-0.25, -0.2) is 4.79 Å². The molecule has 0 heterocycles. The van der Waals surface area contributed by atoms with Crippen molar-refractivity contribution in [2.45, 2.75) is 25.3 Å². The molecule has 1 amide bonds. The van der Waals surface area contributed by atoms with Crippen LogP contribution in [0.3, 0.4) is 0 Å². The summed E-state index contributed by atoms with van der Waals surface area (Å²) in [7, 11) is 0. The minimum atomic E-state index is -0.881. The molecule has 120 valence electrons. The SMILES string of the molecule is C[C@](C#N)(NC(=O)COC(=O)/C=C/c1ccccc1Br)C1CC1. The number of esters is 1. The molecular formula is C17H17BrN2O3. The molecule has 0 spiro atoms. The van der Waals surface area contributed by atoms with Crippen LogP contribution in [0, 0.1) is 17.2 Å². The predicted molar refractivity (Wildman–Crippen MR) is 89.0 cm³/mol. The Balaban J connectivity index is 1.81. The van der Waals surface area contributed by atoms with E-state index in [0.717, 1.165) is 22.9 Å². The van der Waals surface area contributed by atoms with Gasteiger partial charge in [0.15, 0.2) is 6.61 Å². The van der Waals surface area contributed by atoms with Crippen molar-refractivity contribution in [1.82, 2.24) is 5.32 Å². The maximum Gasteiger partial charge on any atom is 0.331 e. The van der Waals surface area contributed by atoms with Crippen LogP contribution in [-0.2, 0) is 14.3 Å². The normalized spacial score (nSPS) is 16.4. The molecule has 0 aliphatic heterocycles. The monoisotopic (exact) mass is 376 g/mol. The molecule has 1 fully saturated rings. The fourth-order valence-corrected chi connectivity index (χ4v) is 2.58. The lowest BCUT2D eigenvalue weighted by atomic mass is 9.98. The fourth-order valence-electron chi connectivity index (χ4n) is 2.16. The molecule has 1 aromatic rings. The summed E-state index contributed by atoms with van der Waals surface area (Å²) in [5, 5.41) is 11.8. The largest absolute Gasteiger partial charge is 0.452 e. The summed E-state index contributed by atoms with van der Waals surface area (Å²) in [5.74, 6) is -0.896. The Kier molecular flexibility index (Phi) is 5.56. The van der Waals surface area contributed by atoms with Crippen LogP contribution in [0.4, 0.5) is 0 Å². The summed E-state index contributed by atoms with van der Waals surface area (Å²) < 4.78 is 5.75. The Bertz CT molecular complexity index is 677. The third-order valence-electron chi connectivity index (χ3n) is 3.67. The maximum atomic E-state index is 11.8. The number of benzene rings is 1. The molecule has 1 atom stereocenters. The number of nitrogens with one attached hydrogen (secondary N) is 1. The number of amides is 1. The number of nitriles is 1. The van der Waals surface area contributed by atoms with Crippen molar-refractivity contribution in [1.29, 1.82) is 5.26 Å². The molecule has 2 rings (SSSR count). The lowest BCUT2D eigenvalue weighted by Gasteiger charge is -2.22. The van der Waals surface area contributed by atoms with Gasteiger partial charge in [-0.2, -0.15) is 5.26 Å². The van der Waals surface area contributed by atoms with Crippen molar-refractivity contribution in [3.8, 4) is 6.07 Å². The predicted octanol–water partition coefficient (Wildman–Crippen LogP) is 2.81. The first-order chi connectivity index (χ1) is 10.9. The maximum absolute atomic E-state index is 11.8. The number of ether oxygens (including phenoxy) is 1. The second-order valence-electron chi connectivity index (χ2n) is 5.60. The molecule has 1 aliphatic carbocycles. The van der Waals surface area contributed by atoms with E-state index in [1.165, 1.54) is 6.08 Å². The van der Waals surface area contributed by atoms with Gasteiger partial charge in [-0.1, -0.05) is 34.1 Å². The Morgan fingerprint density at radius 3 is 2.78 bits per heavy atom. The van der Waals surface area contributed by atoms with Gasteiger partial charge in [-0.3, -0.25) is 4.79 Å². The summed E-state index contributed by atoms with van der Waals surface area (Å²) in [6, 6.07) is 9.54. The molecule has 1 saturated carbocycles. The zero-order valence-corrected chi connectivity index (χ0v) is 14.3. The van der Waals surface area contributed by atoms with E-state index in [4.69, 9.17) is 4.74 Å². The molecule has 1 aromatic carbocycles. The second-order valence-corrected chi connectivity index (χ2v) is 6.45. The van der Waals surface area contributed by atoms with E-state index in [1.54, 1.807) is 13.0 Å². The third-order valence-corrected chi connectivity index (χ3v) is 4.40. The molecule has 5 nitrogen and oxygen atoms in total. The minimum Gasteiger partial charge on any atom is -0.452 e. The number of carbonyl (C=O) groups excluding carboxylic acids is 2. The van der Waals surface area contributed by atoms with Gasteiger partial charge in [-0.05, 0) is 43.4 Å². The highest BCUT2D eigenvalue weighted by Gasteiger charge is 2.43. The van der Waals surface area contributed by atoms with E-state index in [1.807, 2.05) is 24.3 Å². The summed E-state index contributed by atoms with van der Waals surface area (Å²) in [6.07, 6.45) is 4.73. The molecule has 0 bridgehead atoms. The van der Waals surface area contributed by atoms with Crippen LogP contribution in [0.15, 0.2) is 34.8 Å². The van der Waals surface area contributed by atoms with Gasteiger partial charge in [0.1, 0.15) is 5.54 Å². The van der Waals surface area contributed by atoms with Crippen molar-refractivity contribution >= 4 is 33.9 Å². The Morgan fingerprint density at radius 1 is 1.48 bits per heavy atom. The zero-order chi connectivity index (χ0) is 16.9. The van der Waals surface area contributed by atoms with Crippen LogP contribution in [0.5, 0.6) is 0 Å². The van der Waals surface area contributed by atoms with E-state index in [2.05, 4.69) is 27.3 Å². The molecule has 1 aliphatic rings. The summed E-state index contributed by atoms with van der Waals surface area (Å²) in [6.45, 7) is 1.29. The van der Waals surface area contributed by atoms with Crippen LogP contribution in [0.25, 0.3) is 6.08 Å². The van der Waals surface area contributed by atoms with Gasteiger partial charge in [0.05, 0.1) is 6.07 Å². The first kappa shape index (κ1) is 17.2. The lowest BCUT2D eigenvalue weighted by molar-refractivity contribution is -0.144. The van der Waals surface area contributed by atoms with Crippen molar-refractivity contribution < 1.29 is 14.3 Å². The highest BCUT2D eigenvalue weighted by atomic mass is 79.9. The van der Waals surface area contributed by atoms with Gasteiger partial charge in [-0.15, -0.1) is 0 Å². The lowest BCUT2D eigenvalue weighted by Crippen LogP contribution is -2.48. The molecule has 1 N–H and O–H groups in total. The molecule has 6 heteroatoms. The zero-order valence-electron chi connectivity index (χ0n) is 12.7. The summed E-state index contributed by atoms with van der Waals surface area (Å²) >= 11 is 3.37. The number of carbonyl (C=O) groups is 2. The molecule has 0 radical (unpaired) electrons. The first-order valence-electron chi connectivity index (χ1n) is 7.26. The van der Waals surface area contributed by atoms with Gasteiger partial charge >= 0.3 is 5.97 Å². The highest BCUT2D eigenvalue weighted by molar-refractivity contribution is 9.10. The minimum absolute atomic E-state index is 0.183. The van der Waals surface area contributed by atoms with E-state index in [9.17, 15) is 14.9 Å². The number of hydrogen-bond donors (Lipinski definition) is 1. The van der Waals surface area contributed by atoms with Crippen LogP contribution in [0.2, 0.25) is 0 Å². The number of halogens is 1. The van der Waals surface area contributed by atoms with Crippen LogP contribution in [0.1, 0.15) is 25.3 Å². The molecular weight excluding hydrogens is 360 g/mol. The van der Waals surface area contributed by atoms with Crippen molar-refractivity contribution in [3.63, 3.8) is 0 Å². The van der Waals surface area contributed by atoms with Crippen LogP contribution >= 0.6 is 15.9 Å². The topological polar surface area (TPSA) is 79.2 Å². The van der Waals surface area contributed by atoms with E-state index in [0.29, 0.717) is 0 Å². The standard InChI is InChI=1S/C17H17BrN2O3/c1-17(11-19,13-7-8-13)20-15(21)10-23-16(22)9-6-12-4-2-3-5-14(12)18/h2-6,9,13H,7-8,10H2,1H3,(H,20,21)/b9-6+/t17-/m1/s1. The number of hydrogen-bond acceptors (Lipinski definition) is 4. The third kappa shape index (κ3) is 4.93. The smallest absolute Gasteiger partial charge is 0.331 e. The Morgan fingerprint density at radius 2 is 2.17 bits per heavy atom. The average molecular weight is 377 g/mol. The molecule has 23 heavy (non-hydrogen) atoms. The fraction of sp³-hybridized carbons (Fsp3) is 0.353. The van der Waals surface area contributed by atoms with Gasteiger partial charge < -0.3 is 10.1 Å². The Labute approximate surface area is 143 Å².